The van der Waals surface area contributed by atoms with Gasteiger partial charge in [0.1, 0.15) is 0 Å². The lowest BCUT2D eigenvalue weighted by Crippen LogP contribution is -2.27. The van der Waals surface area contributed by atoms with Gasteiger partial charge in [-0.1, -0.05) is 36.4 Å². The molecule has 1 atom stereocenters. The van der Waals surface area contributed by atoms with Gasteiger partial charge in [0.25, 0.3) is 0 Å². The number of thioether (sulfide) groups is 1. The SMILES string of the molecule is Cc1cccc2c1C(Cn1c(=O)n(Cc3cccc(C(=O)O)c3)c3ccccc31)CS2. The van der Waals surface area contributed by atoms with Crippen LogP contribution in [0.1, 0.15) is 33.0 Å². The van der Waals surface area contributed by atoms with Crippen LogP contribution in [-0.4, -0.2) is 26.0 Å². The Kier molecular flexibility index (Phi) is 4.94. The fourth-order valence-corrected chi connectivity index (χ4v) is 5.84. The first-order chi connectivity index (χ1) is 15.0. The summed E-state index contributed by atoms with van der Waals surface area (Å²) in [7, 11) is 0. The van der Waals surface area contributed by atoms with Crippen molar-refractivity contribution in [3.8, 4) is 0 Å². The van der Waals surface area contributed by atoms with Crippen LogP contribution in [0.4, 0.5) is 0 Å². The number of hydrogen-bond donors (Lipinski definition) is 1. The van der Waals surface area contributed by atoms with Crippen molar-refractivity contribution in [1.29, 1.82) is 0 Å². The molecule has 0 saturated heterocycles. The van der Waals surface area contributed by atoms with E-state index in [9.17, 15) is 14.7 Å². The number of aromatic nitrogens is 2. The summed E-state index contributed by atoms with van der Waals surface area (Å²) < 4.78 is 3.63. The lowest BCUT2D eigenvalue weighted by Gasteiger charge is -2.14. The van der Waals surface area contributed by atoms with E-state index in [-0.39, 0.29) is 17.2 Å². The number of imidazole rings is 1. The molecule has 1 N–H and O–H groups in total. The molecular formula is C25H22N2O3S. The van der Waals surface area contributed by atoms with Crippen molar-refractivity contribution >= 4 is 28.8 Å². The number of aryl methyl sites for hydroxylation is 1. The van der Waals surface area contributed by atoms with Crippen molar-refractivity contribution < 1.29 is 9.90 Å². The first-order valence-electron chi connectivity index (χ1n) is 10.3. The highest BCUT2D eigenvalue weighted by Gasteiger charge is 2.27. The Labute approximate surface area is 184 Å². The van der Waals surface area contributed by atoms with E-state index in [4.69, 9.17) is 0 Å². The maximum absolute atomic E-state index is 13.5. The highest BCUT2D eigenvalue weighted by Crippen LogP contribution is 2.42. The van der Waals surface area contributed by atoms with Gasteiger partial charge < -0.3 is 5.11 Å². The number of hydrogen-bond acceptors (Lipinski definition) is 3. The van der Waals surface area contributed by atoms with Crippen LogP contribution < -0.4 is 5.69 Å². The first kappa shape index (κ1) is 19.7. The fraction of sp³-hybridized carbons (Fsp3) is 0.200. The summed E-state index contributed by atoms with van der Waals surface area (Å²) in [6.07, 6.45) is 0. The fourth-order valence-electron chi connectivity index (χ4n) is 4.53. The molecule has 0 aliphatic carbocycles. The highest BCUT2D eigenvalue weighted by molar-refractivity contribution is 7.99. The third kappa shape index (κ3) is 3.47. The zero-order valence-electron chi connectivity index (χ0n) is 17.1. The van der Waals surface area contributed by atoms with Gasteiger partial charge in [0.05, 0.1) is 23.1 Å². The van der Waals surface area contributed by atoms with Crippen molar-refractivity contribution in [1.82, 2.24) is 9.13 Å². The van der Waals surface area contributed by atoms with E-state index in [0.717, 1.165) is 22.3 Å². The molecule has 0 bridgehead atoms. The molecule has 0 saturated carbocycles. The van der Waals surface area contributed by atoms with E-state index < -0.39 is 5.97 Å². The maximum atomic E-state index is 13.5. The van der Waals surface area contributed by atoms with Gasteiger partial charge in [0, 0.05) is 23.1 Å². The predicted molar refractivity (Wildman–Crippen MR) is 123 cm³/mol. The molecule has 1 aromatic heterocycles. The van der Waals surface area contributed by atoms with Crippen molar-refractivity contribution in [2.24, 2.45) is 0 Å². The van der Waals surface area contributed by atoms with Crippen LogP contribution in [0.25, 0.3) is 11.0 Å². The second kappa shape index (κ2) is 7.78. The summed E-state index contributed by atoms with van der Waals surface area (Å²) >= 11 is 1.86. The molecule has 156 valence electrons. The number of aromatic carboxylic acids is 1. The summed E-state index contributed by atoms with van der Waals surface area (Å²) in [6, 6.07) is 21.0. The van der Waals surface area contributed by atoms with Crippen LogP contribution in [0.2, 0.25) is 0 Å². The molecule has 1 aliphatic rings. The number of carbonyl (C=O) groups is 1. The van der Waals surface area contributed by atoms with Crippen molar-refractivity contribution in [2.45, 2.75) is 30.8 Å². The molecule has 5 rings (SSSR count). The average molecular weight is 431 g/mol. The number of carboxylic acid groups (broad SMARTS) is 1. The van der Waals surface area contributed by atoms with Crippen LogP contribution in [-0.2, 0) is 13.1 Å². The Hall–Kier alpha value is -3.25. The van der Waals surface area contributed by atoms with E-state index in [1.165, 1.54) is 16.0 Å². The largest absolute Gasteiger partial charge is 0.478 e. The molecule has 0 amide bonds. The third-order valence-electron chi connectivity index (χ3n) is 5.98. The molecule has 0 radical (unpaired) electrons. The minimum absolute atomic E-state index is 0.0611. The Morgan fingerprint density at radius 1 is 1.03 bits per heavy atom. The molecule has 0 spiro atoms. The van der Waals surface area contributed by atoms with Gasteiger partial charge in [0.2, 0.25) is 0 Å². The Morgan fingerprint density at radius 2 is 1.77 bits per heavy atom. The standard InChI is InChI=1S/C25H22N2O3S/c1-16-6-4-11-22-23(16)19(15-31-22)14-27-21-10-3-2-9-20(21)26(25(27)30)13-17-7-5-8-18(12-17)24(28)29/h2-12,19H,13-15H2,1H3,(H,28,29). The van der Waals surface area contributed by atoms with E-state index in [0.29, 0.717) is 13.1 Å². The quantitative estimate of drug-likeness (QED) is 0.496. The van der Waals surface area contributed by atoms with Crippen LogP contribution in [0, 0.1) is 6.92 Å². The van der Waals surface area contributed by atoms with Gasteiger partial charge >= 0.3 is 11.7 Å². The summed E-state index contributed by atoms with van der Waals surface area (Å²) in [5.74, 6) is 0.283. The molecule has 6 heteroatoms. The monoisotopic (exact) mass is 430 g/mol. The normalized spacial score (nSPS) is 15.3. The minimum Gasteiger partial charge on any atom is -0.478 e. The zero-order valence-corrected chi connectivity index (χ0v) is 17.9. The molecule has 0 fully saturated rings. The molecule has 4 aromatic rings. The number of benzene rings is 3. The lowest BCUT2D eigenvalue weighted by atomic mass is 9.96. The maximum Gasteiger partial charge on any atom is 0.335 e. The molecular weight excluding hydrogens is 408 g/mol. The van der Waals surface area contributed by atoms with Gasteiger partial charge in [-0.2, -0.15) is 0 Å². The van der Waals surface area contributed by atoms with E-state index in [1.54, 1.807) is 22.8 Å². The Bertz CT molecular complexity index is 1370. The Balaban J connectivity index is 1.56. The number of para-hydroxylation sites is 2. The minimum atomic E-state index is -0.968. The van der Waals surface area contributed by atoms with Crippen molar-refractivity contribution in [2.75, 3.05) is 5.75 Å². The van der Waals surface area contributed by atoms with Gasteiger partial charge in [-0.15, -0.1) is 11.8 Å². The second-order valence-corrected chi connectivity index (χ2v) is 9.03. The Morgan fingerprint density at radius 3 is 2.55 bits per heavy atom. The van der Waals surface area contributed by atoms with Crippen molar-refractivity contribution in [3.63, 3.8) is 0 Å². The van der Waals surface area contributed by atoms with Crippen molar-refractivity contribution in [3.05, 3.63) is 99.5 Å². The smallest absolute Gasteiger partial charge is 0.335 e. The topological polar surface area (TPSA) is 64.2 Å². The molecule has 5 nitrogen and oxygen atoms in total. The number of fused-ring (bicyclic) bond motifs is 2. The van der Waals surface area contributed by atoms with Crippen LogP contribution in [0.5, 0.6) is 0 Å². The summed E-state index contributed by atoms with van der Waals surface area (Å²) in [4.78, 5) is 26.1. The summed E-state index contributed by atoms with van der Waals surface area (Å²) in [5.41, 5.74) is 5.36. The highest BCUT2D eigenvalue weighted by atomic mass is 32.2. The molecule has 3 aromatic carbocycles. The molecule has 1 unspecified atom stereocenters. The van der Waals surface area contributed by atoms with E-state index in [2.05, 4.69) is 25.1 Å². The number of nitrogens with zero attached hydrogens (tertiary/aromatic N) is 2. The van der Waals surface area contributed by atoms with Crippen LogP contribution in [0.15, 0.2) is 76.4 Å². The van der Waals surface area contributed by atoms with Gasteiger partial charge in [-0.25, -0.2) is 9.59 Å². The van der Waals surface area contributed by atoms with E-state index >= 15 is 0 Å². The zero-order chi connectivity index (χ0) is 21.5. The summed E-state index contributed by atoms with van der Waals surface area (Å²) in [6.45, 7) is 3.11. The number of rotatable bonds is 5. The molecule has 1 aliphatic heterocycles. The number of carboxylic acids is 1. The van der Waals surface area contributed by atoms with Crippen LogP contribution >= 0.6 is 11.8 Å². The predicted octanol–water partition coefficient (Wildman–Crippen LogP) is 4.75. The van der Waals surface area contributed by atoms with Gasteiger partial charge in [0.15, 0.2) is 0 Å². The average Bonchev–Trinajstić information content (AvgIpc) is 3.30. The van der Waals surface area contributed by atoms with Gasteiger partial charge in [-0.05, 0) is 53.9 Å². The van der Waals surface area contributed by atoms with Gasteiger partial charge in [-0.3, -0.25) is 9.13 Å². The summed E-state index contributed by atoms with van der Waals surface area (Å²) in [5, 5.41) is 9.29. The lowest BCUT2D eigenvalue weighted by molar-refractivity contribution is 0.0696. The second-order valence-electron chi connectivity index (χ2n) is 7.97. The van der Waals surface area contributed by atoms with Crippen LogP contribution in [0.3, 0.4) is 0 Å². The molecule has 31 heavy (non-hydrogen) atoms. The first-order valence-corrected chi connectivity index (χ1v) is 11.2. The third-order valence-corrected chi connectivity index (χ3v) is 7.21. The molecule has 2 heterocycles. The van der Waals surface area contributed by atoms with E-state index in [1.807, 2.05) is 46.7 Å².